The smallest absolute Gasteiger partial charge is 0.267 e. The Hall–Kier alpha value is -3.11. The maximum atomic E-state index is 12.7. The second-order valence-corrected chi connectivity index (χ2v) is 9.05. The number of ether oxygens (including phenoxy) is 2. The normalized spacial score (nSPS) is 11.1. The number of carbonyl (C=O) groups excluding carboxylic acids is 1. The first-order valence-corrected chi connectivity index (χ1v) is 11.1. The van der Waals surface area contributed by atoms with Crippen LogP contribution in [0.25, 0.3) is 0 Å². The number of thiazole rings is 1. The van der Waals surface area contributed by atoms with Gasteiger partial charge in [0.1, 0.15) is 16.4 Å². The summed E-state index contributed by atoms with van der Waals surface area (Å²) >= 11 is 0.954. The average molecular weight is 448 g/mol. The third-order valence-electron chi connectivity index (χ3n) is 4.21. The van der Waals surface area contributed by atoms with Crippen LogP contribution in [0.5, 0.6) is 11.5 Å². The lowest BCUT2D eigenvalue weighted by Gasteiger charge is -2.11. The molecule has 0 aliphatic rings. The molecule has 1 aromatic heterocycles. The van der Waals surface area contributed by atoms with Gasteiger partial charge in [0.2, 0.25) is 0 Å². The highest BCUT2D eigenvalue weighted by molar-refractivity contribution is 7.93. The van der Waals surface area contributed by atoms with Crippen LogP contribution in [0.2, 0.25) is 0 Å². The van der Waals surface area contributed by atoms with Crippen LogP contribution in [0.3, 0.4) is 0 Å². The lowest BCUT2D eigenvalue weighted by atomic mass is 10.2. The van der Waals surface area contributed by atoms with Gasteiger partial charge in [-0.15, -0.1) is 0 Å². The van der Waals surface area contributed by atoms with Crippen LogP contribution in [-0.2, 0) is 10.0 Å². The number of benzene rings is 2. The van der Waals surface area contributed by atoms with Crippen LogP contribution in [0.1, 0.15) is 20.9 Å². The number of nitrogens with one attached hydrogen (secondary N) is 2. The summed E-state index contributed by atoms with van der Waals surface area (Å²) in [6, 6.07) is 11.5. The van der Waals surface area contributed by atoms with Crippen molar-refractivity contribution in [2.75, 3.05) is 24.3 Å². The topological polar surface area (TPSA) is 107 Å². The van der Waals surface area contributed by atoms with Crippen molar-refractivity contribution in [2.24, 2.45) is 0 Å². The van der Waals surface area contributed by atoms with Crippen molar-refractivity contribution in [1.29, 1.82) is 0 Å². The van der Waals surface area contributed by atoms with Gasteiger partial charge in [-0.05, 0) is 38.1 Å². The molecule has 158 valence electrons. The number of anilines is 2. The lowest BCUT2D eigenvalue weighted by Crippen LogP contribution is -2.12. The number of nitrogens with zero attached hydrogens (tertiary/aromatic N) is 1. The minimum atomic E-state index is -3.80. The summed E-state index contributed by atoms with van der Waals surface area (Å²) in [6.07, 6.45) is 0. The molecule has 0 radical (unpaired) electrons. The SMILES string of the molecule is COc1ccc(NC(=O)c2sc(NS(=O)(=O)c3ccc(C)cc3)nc2C)c(OC)c1. The molecule has 3 aromatic rings. The molecule has 1 heterocycles. The molecule has 30 heavy (non-hydrogen) atoms. The van der Waals surface area contributed by atoms with Crippen LogP contribution in [0, 0.1) is 13.8 Å². The van der Waals surface area contributed by atoms with E-state index in [1.807, 2.05) is 6.92 Å². The fourth-order valence-corrected chi connectivity index (χ4v) is 4.72. The summed E-state index contributed by atoms with van der Waals surface area (Å²) in [6.45, 7) is 3.51. The third kappa shape index (κ3) is 4.71. The van der Waals surface area contributed by atoms with Gasteiger partial charge in [-0.2, -0.15) is 0 Å². The van der Waals surface area contributed by atoms with E-state index in [9.17, 15) is 13.2 Å². The quantitative estimate of drug-likeness (QED) is 0.570. The molecule has 0 aliphatic heterocycles. The number of aromatic nitrogens is 1. The molecule has 0 spiro atoms. The molecule has 1 amide bonds. The summed E-state index contributed by atoms with van der Waals surface area (Å²) in [7, 11) is -0.783. The molecule has 0 saturated heterocycles. The van der Waals surface area contributed by atoms with Gasteiger partial charge in [-0.1, -0.05) is 29.0 Å². The molecule has 8 nitrogen and oxygen atoms in total. The highest BCUT2D eigenvalue weighted by Gasteiger charge is 2.21. The average Bonchev–Trinajstić information content (AvgIpc) is 3.08. The molecule has 0 bridgehead atoms. The third-order valence-corrected chi connectivity index (χ3v) is 6.77. The van der Waals surface area contributed by atoms with Crippen molar-refractivity contribution in [3.05, 3.63) is 58.6 Å². The van der Waals surface area contributed by atoms with Gasteiger partial charge in [-0.25, -0.2) is 13.4 Å². The Morgan fingerprint density at radius 2 is 1.73 bits per heavy atom. The van der Waals surface area contributed by atoms with Crippen LogP contribution in [0.4, 0.5) is 10.8 Å². The fourth-order valence-electron chi connectivity index (χ4n) is 2.62. The highest BCUT2D eigenvalue weighted by Crippen LogP contribution is 2.31. The van der Waals surface area contributed by atoms with E-state index in [0.29, 0.717) is 22.9 Å². The summed E-state index contributed by atoms with van der Waals surface area (Å²) in [5.74, 6) is 0.603. The van der Waals surface area contributed by atoms with Crippen LogP contribution in [0.15, 0.2) is 47.4 Å². The Bertz CT molecular complexity index is 1170. The van der Waals surface area contributed by atoms with Gasteiger partial charge in [0.15, 0.2) is 5.13 Å². The Morgan fingerprint density at radius 1 is 1.03 bits per heavy atom. The Balaban J connectivity index is 1.80. The van der Waals surface area contributed by atoms with Crippen molar-refractivity contribution < 1.29 is 22.7 Å². The van der Waals surface area contributed by atoms with Crippen molar-refractivity contribution in [1.82, 2.24) is 4.98 Å². The number of carbonyl (C=O) groups is 1. The number of rotatable bonds is 7. The molecule has 0 fully saturated rings. The van der Waals surface area contributed by atoms with Gasteiger partial charge < -0.3 is 14.8 Å². The number of hydrogen-bond acceptors (Lipinski definition) is 7. The fraction of sp³-hybridized carbons (Fsp3) is 0.200. The number of methoxy groups -OCH3 is 2. The van der Waals surface area contributed by atoms with Crippen LogP contribution >= 0.6 is 11.3 Å². The van der Waals surface area contributed by atoms with E-state index in [-0.39, 0.29) is 14.9 Å². The van der Waals surface area contributed by atoms with Gasteiger partial charge in [0.05, 0.1) is 30.5 Å². The molecule has 0 atom stereocenters. The Labute approximate surface area is 178 Å². The molecule has 10 heteroatoms. The Morgan fingerprint density at radius 3 is 2.37 bits per heavy atom. The maximum Gasteiger partial charge on any atom is 0.267 e. The monoisotopic (exact) mass is 447 g/mol. The largest absolute Gasteiger partial charge is 0.497 e. The molecular weight excluding hydrogens is 426 g/mol. The van der Waals surface area contributed by atoms with E-state index in [2.05, 4.69) is 15.0 Å². The predicted octanol–water partition coefficient (Wildman–Crippen LogP) is 3.83. The van der Waals surface area contributed by atoms with Crippen LogP contribution < -0.4 is 19.5 Å². The maximum absolute atomic E-state index is 12.7. The summed E-state index contributed by atoms with van der Waals surface area (Å²) in [5, 5.41) is 2.87. The molecular formula is C20H21N3O5S2. The molecule has 2 N–H and O–H groups in total. The second-order valence-electron chi connectivity index (χ2n) is 6.37. The Kier molecular flexibility index (Phi) is 6.28. The number of hydrogen-bond donors (Lipinski definition) is 2. The molecule has 2 aromatic carbocycles. The number of amides is 1. The van der Waals surface area contributed by atoms with Gasteiger partial charge in [0, 0.05) is 6.07 Å². The zero-order valence-corrected chi connectivity index (χ0v) is 18.5. The molecule has 0 aliphatic carbocycles. The number of sulfonamides is 1. The minimum Gasteiger partial charge on any atom is -0.497 e. The predicted molar refractivity (Wildman–Crippen MR) is 116 cm³/mol. The van der Waals surface area contributed by atoms with E-state index in [1.54, 1.807) is 37.3 Å². The van der Waals surface area contributed by atoms with Gasteiger partial charge in [0.25, 0.3) is 15.9 Å². The van der Waals surface area contributed by atoms with E-state index in [1.165, 1.54) is 26.4 Å². The number of aryl methyl sites for hydroxylation is 2. The molecule has 3 rings (SSSR count). The second kappa shape index (κ2) is 8.72. The zero-order valence-electron chi connectivity index (χ0n) is 16.8. The van der Waals surface area contributed by atoms with E-state index in [4.69, 9.17) is 9.47 Å². The molecule has 0 saturated carbocycles. The minimum absolute atomic E-state index is 0.111. The summed E-state index contributed by atoms with van der Waals surface area (Å²) in [5.41, 5.74) is 1.82. The standard InChI is InChI=1S/C20H21N3O5S2/c1-12-5-8-15(9-6-12)30(25,26)23-20-21-13(2)18(29-20)19(24)22-16-10-7-14(27-3)11-17(16)28-4/h5-11H,1-4H3,(H,21,23)(H,22,24). The van der Waals surface area contributed by atoms with Crippen molar-refractivity contribution in [3.8, 4) is 11.5 Å². The van der Waals surface area contributed by atoms with Crippen molar-refractivity contribution in [3.63, 3.8) is 0 Å². The van der Waals surface area contributed by atoms with Crippen molar-refractivity contribution in [2.45, 2.75) is 18.7 Å². The van der Waals surface area contributed by atoms with E-state index < -0.39 is 15.9 Å². The van der Waals surface area contributed by atoms with Gasteiger partial charge in [-0.3, -0.25) is 9.52 Å². The highest BCUT2D eigenvalue weighted by atomic mass is 32.2. The van der Waals surface area contributed by atoms with Crippen molar-refractivity contribution >= 4 is 38.1 Å². The molecule has 0 unspecified atom stereocenters. The van der Waals surface area contributed by atoms with Gasteiger partial charge >= 0.3 is 0 Å². The first-order chi connectivity index (χ1) is 14.2. The lowest BCUT2D eigenvalue weighted by molar-refractivity contribution is 0.102. The summed E-state index contributed by atoms with van der Waals surface area (Å²) in [4.78, 5) is 17.3. The van der Waals surface area contributed by atoms with Crippen LogP contribution in [-0.4, -0.2) is 33.5 Å². The summed E-state index contributed by atoms with van der Waals surface area (Å²) < 4.78 is 38.0. The van der Waals surface area contributed by atoms with E-state index >= 15 is 0 Å². The zero-order chi connectivity index (χ0) is 21.9. The first kappa shape index (κ1) is 21.6. The van der Waals surface area contributed by atoms with E-state index in [0.717, 1.165) is 16.9 Å². The first-order valence-electron chi connectivity index (χ1n) is 8.84.